The van der Waals surface area contributed by atoms with Crippen LogP contribution in [-0.4, -0.2) is 17.1 Å². The fourth-order valence-corrected chi connectivity index (χ4v) is 2.18. The van der Waals surface area contributed by atoms with Crippen molar-refractivity contribution < 1.29 is 9.90 Å². The molecule has 0 radical (unpaired) electrons. The molecule has 0 unspecified atom stereocenters. The molecule has 18 heavy (non-hydrogen) atoms. The first-order chi connectivity index (χ1) is 8.47. The molecule has 0 fully saturated rings. The van der Waals surface area contributed by atoms with Gasteiger partial charge in [-0.3, -0.25) is 4.79 Å². The average molecular weight is 267 g/mol. The molecule has 0 bridgehead atoms. The van der Waals surface area contributed by atoms with Crippen LogP contribution >= 0.6 is 11.8 Å². The lowest BCUT2D eigenvalue weighted by Gasteiger charge is -2.13. The Morgan fingerprint density at radius 2 is 2.11 bits per heavy atom. The molecule has 0 aromatic heterocycles. The second-order valence-electron chi connectivity index (χ2n) is 3.77. The number of carboxylic acids is 1. The van der Waals surface area contributed by atoms with E-state index in [0.717, 1.165) is 16.1 Å². The van der Waals surface area contributed by atoms with Crippen molar-refractivity contribution in [1.29, 1.82) is 0 Å². The van der Waals surface area contributed by atoms with Gasteiger partial charge in [0.25, 0.3) is 0 Å². The molecule has 3 nitrogen and oxygen atoms in total. The second kappa shape index (κ2) is 8.78. The van der Waals surface area contributed by atoms with E-state index in [1.54, 1.807) is 17.8 Å². The zero-order valence-corrected chi connectivity index (χ0v) is 12.0. The van der Waals surface area contributed by atoms with Gasteiger partial charge in [-0.15, -0.1) is 0 Å². The Morgan fingerprint density at radius 3 is 2.50 bits per heavy atom. The molecule has 0 spiro atoms. The van der Waals surface area contributed by atoms with Crippen LogP contribution < -0.4 is 5.73 Å². The van der Waals surface area contributed by atoms with Gasteiger partial charge in [0, 0.05) is 4.91 Å². The van der Waals surface area contributed by atoms with Gasteiger partial charge in [-0.25, -0.2) is 0 Å². The first-order valence-electron chi connectivity index (χ1n) is 5.72. The maximum atomic E-state index is 10.8. The van der Waals surface area contributed by atoms with Crippen LogP contribution in [0.2, 0.25) is 0 Å². The molecule has 3 N–H and O–H groups in total. The lowest BCUT2D eigenvalue weighted by Crippen LogP contribution is -2.30. The second-order valence-corrected chi connectivity index (χ2v) is 4.68. The third-order valence-corrected chi connectivity index (χ3v) is 3.64. The fourth-order valence-electron chi connectivity index (χ4n) is 1.28. The molecule has 100 valence electrons. The van der Waals surface area contributed by atoms with E-state index in [0.29, 0.717) is 0 Å². The van der Waals surface area contributed by atoms with E-state index in [2.05, 4.69) is 6.58 Å². The molecule has 0 aromatic carbocycles. The van der Waals surface area contributed by atoms with Gasteiger partial charge < -0.3 is 10.8 Å². The molecular formula is C14H21NO2S. The Morgan fingerprint density at radius 1 is 1.50 bits per heavy atom. The first kappa shape index (κ1) is 16.7. The van der Waals surface area contributed by atoms with Crippen molar-refractivity contribution in [2.45, 2.75) is 33.2 Å². The minimum atomic E-state index is -0.997. The van der Waals surface area contributed by atoms with E-state index in [1.807, 2.05) is 38.3 Å². The van der Waals surface area contributed by atoms with Crippen LogP contribution in [0, 0.1) is 0 Å². The number of carbonyl (C=O) groups is 1. The van der Waals surface area contributed by atoms with Gasteiger partial charge in [0.15, 0.2) is 0 Å². The summed E-state index contributed by atoms with van der Waals surface area (Å²) in [6.45, 7) is 9.62. The molecule has 0 amide bonds. The molecule has 0 aliphatic rings. The van der Waals surface area contributed by atoms with Crippen molar-refractivity contribution in [2.75, 3.05) is 0 Å². The first-order valence-corrected chi connectivity index (χ1v) is 6.60. The third kappa shape index (κ3) is 5.38. The van der Waals surface area contributed by atoms with Crippen molar-refractivity contribution in [1.82, 2.24) is 0 Å². The van der Waals surface area contributed by atoms with Crippen molar-refractivity contribution in [3.05, 3.63) is 46.3 Å². The quantitative estimate of drug-likeness (QED) is 0.693. The number of hydrogen-bond donors (Lipinski definition) is 2. The summed E-state index contributed by atoms with van der Waals surface area (Å²) < 4.78 is 0. The van der Waals surface area contributed by atoms with Crippen LogP contribution in [0.4, 0.5) is 0 Å². The standard InChI is InChI=1S/C14H21NO2S/c1-5-8-18-13(10(4)6-2)11(7-3)9-12(15)14(16)17/h5-8,12H,3,9,15H2,1-2,4H3,(H,16,17)/b8-5-,10-6-,13-11-/t12-/m1/s1. The molecule has 0 aromatic rings. The molecular weight excluding hydrogens is 246 g/mol. The van der Waals surface area contributed by atoms with Gasteiger partial charge >= 0.3 is 5.97 Å². The third-order valence-electron chi connectivity index (χ3n) is 2.41. The van der Waals surface area contributed by atoms with Gasteiger partial charge in [-0.2, -0.15) is 0 Å². The van der Waals surface area contributed by atoms with Crippen LogP contribution in [-0.2, 0) is 4.79 Å². The molecule has 0 aliphatic carbocycles. The highest BCUT2D eigenvalue weighted by molar-refractivity contribution is 8.06. The Labute approximate surface area is 113 Å². The number of aliphatic carboxylic acids is 1. The van der Waals surface area contributed by atoms with Crippen LogP contribution in [0.5, 0.6) is 0 Å². The molecule has 1 atom stereocenters. The number of carboxylic acid groups (broad SMARTS) is 1. The summed E-state index contributed by atoms with van der Waals surface area (Å²) in [5.74, 6) is -0.997. The topological polar surface area (TPSA) is 63.3 Å². The van der Waals surface area contributed by atoms with Gasteiger partial charge in [-0.1, -0.05) is 36.6 Å². The highest BCUT2D eigenvalue weighted by Gasteiger charge is 2.15. The van der Waals surface area contributed by atoms with Gasteiger partial charge in [-0.05, 0) is 43.7 Å². The van der Waals surface area contributed by atoms with E-state index in [1.165, 1.54) is 0 Å². The zero-order chi connectivity index (χ0) is 14.1. The number of thioether (sulfide) groups is 1. The normalized spacial score (nSPS) is 15.4. The largest absolute Gasteiger partial charge is 0.480 e. The Bertz CT molecular complexity index is 395. The van der Waals surface area contributed by atoms with Crippen molar-refractivity contribution in [3.63, 3.8) is 0 Å². The fraction of sp³-hybridized carbons (Fsp3) is 0.357. The highest BCUT2D eigenvalue weighted by Crippen LogP contribution is 2.30. The minimum absolute atomic E-state index is 0.282. The molecule has 0 rings (SSSR count). The summed E-state index contributed by atoms with van der Waals surface area (Å²) in [6.07, 6.45) is 5.89. The van der Waals surface area contributed by atoms with Crippen molar-refractivity contribution >= 4 is 17.7 Å². The van der Waals surface area contributed by atoms with Gasteiger partial charge in [0.05, 0.1) is 0 Å². The molecule has 0 saturated heterocycles. The number of hydrogen-bond acceptors (Lipinski definition) is 3. The van der Waals surface area contributed by atoms with E-state index in [9.17, 15) is 4.79 Å². The van der Waals surface area contributed by atoms with Crippen molar-refractivity contribution in [2.24, 2.45) is 5.73 Å². The Balaban J connectivity index is 5.33. The Kier molecular flexibility index (Phi) is 8.16. The van der Waals surface area contributed by atoms with E-state index in [-0.39, 0.29) is 6.42 Å². The number of allylic oxidation sites excluding steroid dienone is 4. The summed E-state index contributed by atoms with van der Waals surface area (Å²) in [7, 11) is 0. The van der Waals surface area contributed by atoms with E-state index >= 15 is 0 Å². The number of rotatable bonds is 7. The van der Waals surface area contributed by atoms with Crippen LogP contribution in [0.25, 0.3) is 0 Å². The minimum Gasteiger partial charge on any atom is -0.480 e. The van der Waals surface area contributed by atoms with E-state index in [4.69, 9.17) is 10.8 Å². The zero-order valence-electron chi connectivity index (χ0n) is 11.1. The summed E-state index contributed by atoms with van der Waals surface area (Å²) in [5, 5.41) is 10.8. The van der Waals surface area contributed by atoms with Gasteiger partial charge in [0.2, 0.25) is 0 Å². The van der Waals surface area contributed by atoms with Crippen molar-refractivity contribution in [3.8, 4) is 0 Å². The molecule has 0 heterocycles. The maximum Gasteiger partial charge on any atom is 0.320 e. The summed E-state index contributed by atoms with van der Waals surface area (Å²) in [5.41, 5.74) is 7.53. The maximum absolute atomic E-state index is 10.8. The smallest absolute Gasteiger partial charge is 0.320 e. The molecule has 4 heteroatoms. The van der Waals surface area contributed by atoms with E-state index < -0.39 is 12.0 Å². The predicted octanol–water partition coefficient (Wildman–Crippen LogP) is 3.46. The lowest BCUT2D eigenvalue weighted by atomic mass is 10.0. The van der Waals surface area contributed by atoms with Crippen LogP contribution in [0.1, 0.15) is 27.2 Å². The predicted molar refractivity (Wildman–Crippen MR) is 79.3 cm³/mol. The highest BCUT2D eigenvalue weighted by atomic mass is 32.2. The number of nitrogens with two attached hydrogens (primary N) is 1. The Hall–Kier alpha value is -1.26. The van der Waals surface area contributed by atoms with Crippen LogP contribution in [0.15, 0.2) is 46.3 Å². The summed E-state index contributed by atoms with van der Waals surface area (Å²) >= 11 is 1.55. The SMILES string of the molecule is C=C/C(C[C@@H](N)C(=O)O)=C(S/C=C\C)\C(C)=C/C. The monoisotopic (exact) mass is 267 g/mol. The molecule has 0 aliphatic heterocycles. The van der Waals surface area contributed by atoms with Gasteiger partial charge in [0.1, 0.15) is 6.04 Å². The lowest BCUT2D eigenvalue weighted by molar-refractivity contribution is -0.138. The van der Waals surface area contributed by atoms with Crippen LogP contribution in [0.3, 0.4) is 0 Å². The molecule has 0 saturated carbocycles. The summed E-state index contributed by atoms with van der Waals surface area (Å²) in [4.78, 5) is 11.8. The average Bonchev–Trinajstić information content (AvgIpc) is 2.36. The summed E-state index contributed by atoms with van der Waals surface area (Å²) in [6, 6.07) is -0.899.